The Hall–Kier alpha value is -1.10. The van der Waals surface area contributed by atoms with Gasteiger partial charge in [0.15, 0.2) is 0 Å². The van der Waals surface area contributed by atoms with Gasteiger partial charge in [0.25, 0.3) is 0 Å². The lowest BCUT2D eigenvalue weighted by Crippen LogP contribution is -2.51. The number of carbonyl (C=O) groups is 2. The molecule has 0 bridgehead atoms. The maximum absolute atomic E-state index is 12.3. The van der Waals surface area contributed by atoms with Crippen LogP contribution in [0.25, 0.3) is 0 Å². The summed E-state index contributed by atoms with van der Waals surface area (Å²) < 4.78 is 0. The molecule has 5 heteroatoms. The third-order valence-corrected chi connectivity index (χ3v) is 4.50. The second-order valence-electron chi connectivity index (χ2n) is 5.63. The summed E-state index contributed by atoms with van der Waals surface area (Å²) in [5.74, 6) is 0.905. The number of likely N-dealkylation sites (tertiary alicyclic amines) is 2. The highest BCUT2D eigenvalue weighted by molar-refractivity contribution is 5.86. The van der Waals surface area contributed by atoms with E-state index in [-0.39, 0.29) is 11.8 Å². The number of rotatable bonds is 2. The van der Waals surface area contributed by atoms with Crippen molar-refractivity contribution in [3.8, 4) is 0 Å². The van der Waals surface area contributed by atoms with Gasteiger partial charge in [-0.3, -0.25) is 9.59 Å². The molecule has 2 atom stereocenters. The Morgan fingerprint density at radius 1 is 1.28 bits per heavy atom. The molecule has 3 aliphatic heterocycles. The number of nitrogens with zero attached hydrogens (tertiary/aromatic N) is 2. The lowest BCUT2D eigenvalue weighted by molar-refractivity contribution is -0.141. The molecule has 0 spiro atoms. The van der Waals surface area contributed by atoms with E-state index in [2.05, 4.69) is 5.32 Å². The summed E-state index contributed by atoms with van der Waals surface area (Å²) in [7, 11) is 0. The third-order valence-electron chi connectivity index (χ3n) is 4.50. The van der Waals surface area contributed by atoms with E-state index in [0.717, 1.165) is 39.0 Å². The highest BCUT2D eigenvalue weighted by Crippen LogP contribution is 2.26. The quantitative estimate of drug-likeness (QED) is 0.740. The zero-order valence-electron chi connectivity index (χ0n) is 10.7. The summed E-state index contributed by atoms with van der Waals surface area (Å²) in [6, 6.07) is 0.365. The van der Waals surface area contributed by atoms with Gasteiger partial charge < -0.3 is 15.1 Å². The Labute approximate surface area is 107 Å². The number of hydrogen-bond acceptors (Lipinski definition) is 3. The zero-order chi connectivity index (χ0) is 12.5. The van der Waals surface area contributed by atoms with Gasteiger partial charge in [-0.2, -0.15) is 0 Å². The molecule has 3 saturated heterocycles. The average Bonchev–Trinajstić information content (AvgIpc) is 2.98. The van der Waals surface area contributed by atoms with Crippen molar-refractivity contribution in [1.29, 1.82) is 0 Å². The fourth-order valence-electron chi connectivity index (χ4n) is 3.50. The van der Waals surface area contributed by atoms with Crippen molar-refractivity contribution in [1.82, 2.24) is 15.1 Å². The van der Waals surface area contributed by atoms with E-state index in [1.807, 2.05) is 4.90 Å². The maximum Gasteiger partial charge on any atom is 0.242 e. The van der Waals surface area contributed by atoms with Gasteiger partial charge in [0.1, 0.15) is 0 Å². The van der Waals surface area contributed by atoms with E-state index >= 15 is 0 Å². The van der Waals surface area contributed by atoms with Gasteiger partial charge in [-0.15, -0.1) is 0 Å². The van der Waals surface area contributed by atoms with Gasteiger partial charge in [-0.05, 0) is 25.2 Å². The highest BCUT2D eigenvalue weighted by atomic mass is 16.2. The van der Waals surface area contributed by atoms with E-state index in [0.29, 0.717) is 24.9 Å². The molecule has 3 rings (SSSR count). The average molecular weight is 251 g/mol. The molecular formula is C13H21N3O2. The summed E-state index contributed by atoms with van der Waals surface area (Å²) in [6.45, 7) is 3.87. The number of piperidine rings is 1. The van der Waals surface area contributed by atoms with E-state index in [1.54, 1.807) is 4.90 Å². The molecule has 0 saturated carbocycles. The van der Waals surface area contributed by atoms with Gasteiger partial charge in [0.05, 0.1) is 6.54 Å². The van der Waals surface area contributed by atoms with E-state index in [4.69, 9.17) is 0 Å². The molecule has 0 aromatic heterocycles. The second-order valence-corrected chi connectivity index (χ2v) is 5.63. The van der Waals surface area contributed by atoms with Crippen LogP contribution in [-0.4, -0.2) is 60.4 Å². The number of carbonyl (C=O) groups excluding carboxylic acids is 2. The summed E-state index contributed by atoms with van der Waals surface area (Å²) in [5.41, 5.74) is 0. The minimum Gasteiger partial charge on any atom is -0.337 e. The first-order valence-electron chi connectivity index (χ1n) is 7.03. The number of hydrogen-bond donors (Lipinski definition) is 1. The van der Waals surface area contributed by atoms with Crippen molar-refractivity contribution in [3.05, 3.63) is 0 Å². The summed E-state index contributed by atoms with van der Waals surface area (Å²) >= 11 is 0. The molecule has 0 radical (unpaired) electrons. The van der Waals surface area contributed by atoms with Crippen LogP contribution < -0.4 is 5.32 Å². The minimum absolute atomic E-state index is 0.140. The molecule has 3 heterocycles. The summed E-state index contributed by atoms with van der Waals surface area (Å²) in [6.07, 6.45) is 3.84. The highest BCUT2D eigenvalue weighted by Gasteiger charge is 2.38. The molecule has 100 valence electrons. The lowest BCUT2D eigenvalue weighted by atomic mass is 9.92. The molecule has 0 aromatic rings. The van der Waals surface area contributed by atoms with Gasteiger partial charge in [-0.25, -0.2) is 0 Å². The van der Waals surface area contributed by atoms with Crippen LogP contribution in [0.15, 0.2) is 0 Å². The fraction of sp³-hybridized carbons (Fsp3) is 0.846. The van der Waals surface area contributed by atoms with Crippen molar-refractivity contribution >= 4 is 11.8 Å². The maximum atomic E-state index is 12.3. The minimum atomic E-state index is 0.140. The van der Waals surface area contributed by atoms with Gasteiger partial charge in [-0.1, -0.05) is 0 Å². The summed E-state index contributed by atoms with van der Waals surface area (Å²) in [5, 5.41) is 3.38. The van der Waals surface area contributed by atoms with Crippen LogP contribution in [0.1, 0.15) is 25.7 Å². The van der Waals surface area contributed by atoms with Crippen LogP contribution in [-0.2, 0) is 9.59 Å². The van der Waals surface area contributed by atoms with Gasteiger partial charge >= 0.3 is 0 Å². The van der Waals surface area contributed by atoms with Crippen LogP contribution in [0.5, 0.6) is 0 Å². The fourth-order valence-corrected chi connectivity index (χ4v) is 3.50. The normalized spacial score (nSPS) is 31.9. The van der Waals surface area contributed by atoms with Crippen molar-refractivity contribution in [3.63, 3.8) is 0 Å². The first-order chi connectivity index (χ1) is 8.75. The van der Waals surface area contributed by atoms with Gasteiger partial charge in [0, 0.05) is 38.6 Å². The largest absolute Gasteiger partial charge is 0.337 e. The lowest BCUT2D eigenvalue weighted by Gasteiger charge is -2.37. The second kappa shape index (κ2) is 4.88. The van der Waals surface area contributed by atoms with Gasteiger partial charge in [0.2, 0.25) is 11.8 Å². The Bertz CT molecular complexity index is 358. The molecule has 2 unspecified atom stereocenters. The summed E-state index contributed by atoms with van der Waals surface area (Å²) in [4.78, 5) is 27.6. The molecule has 3 fully saturated rings. The van der Waals surface area contributed by atoms with E-state index in [1.165, 1.54) is 6.42 Å². The standard InChI is InChI=1S/C13H21N3O2/c17-12-4-2-5-15(12)9-13(18)16-6-1-3-10-7-14-8-11(10)16/h10-11,14H,1-9H2. The number of fused-ring (bicyclic) bond motifs is 1. The third kappa shape index (κ3) is 2.11. The first kappa shape index (κ1) is 12.0. The molecule has 0 aliphatic carbocycles. The Balaban J connectivity index is 1.62. The Morgan fingerprint density at radius 3 is 2.94 bits per heavy atom. The van der Waals surface area contributed by atoms with Crippen molar-refractivity contribution in [2.75, 3.05) is 32.7 Å². The Morgan fingerprint density at radius 2 is 2.17 bits per heavy atom. The van der Waals surface area contributed by atoms with Crippen LogP contribution >= 0.6 is 0 Å². The number of amides is 2. The molecule has 5 nitrogen and oxygen atoms in total. The first-order valence-corrected chi connectivity index (χ1v) is 7.03. The van der Waals surface area contributed by atoms with E-state index < -0.39 is 0 Å². The SMILES string of the molecule is O=C1CCCN1CC(=O)N1CCCC2CNCC21. The van der Waals surface area contributed by atoms with Crippen LogP contribution in [0.3, 0.4) is 0 Å². The van der Waals surface area contributed by atoms with Crippen molar-refractivity contribution in [2.45, 2.75) is 31.7 Å². The van der Waals surface area contributed by atoms with Crippen LogP contribution in [0.4, 0.5) is 0 Å². The predicted octanol–water partition coefficient (Wildman–Crippen LogP) is -0.181. The molecule has 2 amide bonds. The monoisotopic (exact) mass is 251 g/mol. The molecule has 18 heavy (non-hydrogen) atoms. The smallest absolute Gasteiger partial charge is 0.242 e. The predicted molar refractivity (Wildman–Crippen MR) is 66.9 cm³/mol. The van der Waals surface area contributed by atoms with Crippen LogP contribution in [0.2, 0.25) is 0 Å². The van der Waals surface area contributed by atoms with Crippen molar-refractivity contribution in [2.24, 2.45) is 5.92 Å². The molecule has 0 aromatic carbocycles. The Kier molecular flexibility index (Phi) is 3.24. The molecule has 3 aliphatic rings. The topological polar surface area (TPSA) is 52.7 Å². The van der Waals surface area contributed by atoms with Crippen LogP contribution in [0, 0.1) is 5.92 Å². The molecular weight excluding hydrogens is 230 g/mol. The molecule has 1 N–H and O–H groups in total. The van der Waals surface area contributed by atoms with Crippen molar-refractivity contribution < 1.29 is 9.59 Å². The van der Waals surface area contributed by atoms with E-state index in [9.17, 15) is 9.59 Å². The number of nitrogens with one attached hydrogen (secondary N) is 1. The zero-order valence-corrected chi connectivity index (χ0v) is 10.7.